The van der Waals surface area contributed by atoms with Crippen LogP contribution in [0.1, 0.15) is 25.3 Å². The van der Waals surface area contributed by atoms with Crippen LogP contribution in [0.5, 0.6) is 0 Å². The summed E-state index contributed by atoms with van der Waals surface area (Å²) in [6, 6.07) is 18.6. The molecular weight excluding hydrogens is 334 g/mol. The maximum atomic E-state index is 10.4. The molecule has 0 radical (unpaired) electrons. The molecule has 0 aliphatic carbocycles. The molecule has 0 fully saturated rings. The zero-order chi connectivity index (χ0) is 18.3. The molecule has 25 heavy (non-hydrogen) atoms. The number of unbranched alkanes of at least 4 members (excludes halogenated alkanes) is 1. The molecule has 0 bridgehead atoms. The van der Waals surface area contributed by atoms with Gasteiger partial charge in [-0.25, -0.2) is 8.42 Å². The number of benzene rings is 2. The van der Waals surface area contributed by atoms with E-state index in [4.69, 9.17) is 0 Å². The van der Waals surface area contributed by atoms with Gasteiger partial charge in [0.05, 0.1) is 4.90 Å². The molecule has 0 aliphatic rings. The van der Waals surface area contributed by atoms with Crippen LogP contribution < -0.4 is 4.57 Å². The van der Waals surface area contributed by atoms with E-state index in [0.29, 0.717) is 0 Å². The Morgan fingerprint density at radius 2 is 1.60 bits per heavy atom. The Hall–Kier alpha value is -2.24. The molecule has 0 spiro atoms. The third-order valence-corrected chi connectivity index (χ3v) is 4.70. The van der Waals surface area contributed by atoms with Gasteiger partial charge < -0.3 is 4.55 Å². The maximum absolute atomic E-state index is 10.4. The van der Waals surface area contributed by atoms with Crippen LogP contribution in [0.2, 0.25) is 0 Å². The van der Waals surface area contributed by atoms with Crippen molar-refractivity contribution in [1.82, 2.24) is 0 Å². The first kappa shape index (κ1) is 19.1. The van der Waals surface area contributed by atoms with Gasteiger partial charge in [0, 0.05) is 23.9 Å². The fourth-order valence-corrected chi connectivity index (χ4v) is 2.92. The normalized spacial score (nSPS) is 11.0. The molecule has 0 amide bonds. The van der Waals surface area contributed by atoms with E-state index in [1.165, 1.54) is 35.9 Å². The molecular formula is C20H23NO3S. The number of pyridine rings is 1. The molecule has 3 aromatic rings. The molecule has 0 unspecified atom stereocenters. The highest BCUT2D eigenvalue weighted by molar-refractivity contribution is 7.85. The summed E-state index contributed by atoms with van der Waals surface area (Å²) in [5.41, 5.74) is 2.26. The van der Waals surface area contributed by atoms with Crippen LogP contribution >= 0.6 is 0 Å². The second kappa shape index (κ2) is 8.74. The lowest BCUT2D eigenvalue weighted by Gasteiger charge is -2.05. The van der Waals surface area contributed by atoms with E-state index in [2.05, 4.69) is 54.1 Å². The Labute approximate surface area is 149 Å². The average molecular weight is 357 g/mol. The molecule has 0 saturated carbocycles. The summed E-state index contributed by atoms with van der Waals surface area (Å²) in [7, 11) is -4.27. The minimum absolute atomic E-state index is 0.178. The number of rotatable bonds is 4. The number of fused-ring (bicyclic) bond motifs is 1. The van der Waals surface area contributed by atoms with Gasteiger partial charge >= 0.3 is 0 Å². The molecule has 0 atom stereocenters. The van der Waals surface area contributed by atoms with Crippen LogP contribution in [0.25, 0.3) is 10.9 Å². The molecule has 1 aromatic heterocycles. The molecule has 1 heterocycles. The number of hydrogen-bond acceptors (Lipinski definition) is 3. The van der Waals surface area contributed by atoms with Crippen molar-refractivity contribution in [2.45, 2.75) is 38.1 Å². The van der Waals surface area contributed by atoms with Gasteiger partial charge in [-0.2, -0.15) is 4.57 Å². The van der Waals surface area contributed by atoms with Gasteiger partial charge in [-0.05, 0) is 31.2 Å². The van der Waals surface area contributed by atoms with Gasteiger partial charge in [0.15, 0.2) is 6.20 Å². The van der Waals surface area contributed by atoms with Crippen molar-refractivity contribution in [3.05, 3.63) is 72.4 Å². The monoisotopic (exact) mass is 357 g/mol. The van der Waals surface area contributed by atoms with Crippen molar-refractivity contribution in [2.75, 3.05) is 0 Å². The van der Waals surface area contributed by atoms with Crippen molar-refractivity contribution in [3.8, 4) is 0 Å². The van der Waals surface area contributed by atoms with E-state index < -0.39 is 10.1 Å². The second-order valence-corrected chi connectivity index (χ2v) is 7.26. The molecule has 0 N–H and O–H groups in total. The summed E-state index contributed by atoms with van der Waals surface area (Å²) in [6.45, 7) is 5.17. The maximum Gasteiger partial charge on any atom is 0.212 e. The summed E-state index contributed by atoms with van der Waals surface area (Å²) in [5, 5.41) is 1.33. The quantitative estimate of drug-likeness (QED) is 0.527. The Morgan fingerprint density at radius 1 is 0.960 bits per heavy atom. The number of hydrogen-bond donors (Lipinski definition) is 0. The molecule has 5 heteroatoms. The van der Waals surface area contributed by atoms with Gasteiger partial charge in [-0.3, -0.25) is 0 Å². The number of aromatic nitrogens is 1. The smallest absolute Gasteiger partial charge is 0.212 e. The van der Waals surface area contributed by atoms with E-state index in [9.17, 15) is 13.0 Å². The Balaban J connectivity index is 0.000000186. The minimum atomic E-state index is -4.27. The molecule has 132 valence electrons. The topological polar surface area (TPSA) is 61.1 Å². The van der Waals surface area contributed by atoms with Crippen molar-refractivity contribution in [1.29, 1.82) is 0 Å². The summed E-state index contributed by atoms with van der Waals surface area (Å²) < 4.78 is 33.5. The third kappa shape index (κ3) is 5.66. The summed E-state index contributed by atoms with van der Waals surface area (Å²) in [5.74, 6) is 0. The first-order chi connectivity index (χ1) is 11.9. The van der Waals surface area contributed by atoms with Gasteiger partial charge in [0.25, 0.3) is 0 Å². The molecule has 0 saturated heterocycles. The van der Waals surface area contributed by atoms with Gasteiger partial charge in [0.2, 0.25) is 5.52 Å². The second-order valence-electron chi connectivity index (χ2n) is 5.88. The fourth-order valence-electron chi connectivity index (χ4n) is 2.45. The summed E-state index contributed by atoms with van der Waals surface area (Å²) in [6.07, 6.45) is 4.66. The Kier molecular flexibility index (Phi) is 6.67. The molecule has 3 rings (SSSR count). The lowest BCUT2D eigenvalue weighted by Crippen LogP contribution is -2.33. The number of nitrogens with zero attached hydrogens (tertiary/aromatic N) is 1. The van der Waals surface area contributed by atoms with Crippen molar-refractivity contribution in [3.63, 3.8) is 0 Å². The first-order valence-electron chi connectivity index (χ1n) is 8.31. The van der Waals surface area contributed by atoms with E-state index in [1.807, 2.05) is 6.92 Å². The van der Waals surface area contributed by atoms with Crippen LogP contribution in [-0.4, -0.2) is 13.0 Å². The first-order valence-corrected chi connectivity index (χ1v) is 9.72. The molecule has 0 aliphatic heterocycles. The zero-order valence-corrected chi connectivity index (χ0v) is 15.4. The summed E-state index contributed by atoms with van der Waals surface area (Å²) in [4.78, 5) is -0.178. The highest BCUT2D eigenvalue weighted by atomic mass is 32.2. The van der Waals surface area contributed by atoms with Crippen LogP contribution in [0.15, 0.2) is 71.8 Å². The summed E-state index contributed by atoms with van der Waals surface area (Å²) >= 11 is 0. The number of aryl methyl sites for hydroxylation is 2. The zero-order valence-electron chi connectivity index (χ0n) is 14.6. The van der Waals surface area contributed by atoms with E-state index in [-0.39, 0.29) is 4.90 Å². The lowest BCUT2D eigenvalue weighted by atomic mass is 10.2. The van der Waals surface area contributed by atoms with Crippen LogP contribution in [0.4, 0.5) is 0 Å². The molecule has 4 nitrogen and oxygen atoms in total. The minimum Gasteiger partial charge on any atom is -0.744 e. The van der Waals surface area contributed by atoms with Gasteiger partial charge in [0.1, 0.15) is 16.7 Å². The average Bonchev–Trinajstić information content (AvgIpc) is 2.60. The fraction of sp³-hybridized carbons (Fsp3) is 0.250. The largest absolute Gasteiger partial charge is 0.744 e. The SMILES string of the molecule is CCCC[n+]1cccc2ccccc21.Cc1ccc(S(=O)(=O)[O-])cc1. The highest BCUT2D eigenvalue weighted by Gasteiger charge is 2.05. The van der Waals surface area contributed by atoms with E-state index in [1.54, 1.807) is 12.1 Å². The van der Waals surface area contributed by atoms with Crippen LogP contribution in [-0.2, 0) is 16.7 Å². The lowest BCUT2D eigenvalue weighted by molar-refractivity contribution is -0.671. The highest BCUT2D eigenvalue weighted by Crippen LogP contribution is 2.09. The van der Waals surface area contributed by atoms with Crippen molar-refractivity contribution >= 4 is 21.0 Å². The molecule has 2 aromatic carbocycles. The Morgan fingerprint density at radius 3 is 2.24 bits per heavy atom. The predicted octanol–water partition coefficient (Wildman–Crippen LogP) is 3.83. The van der Waals surface area contributed by atoms with Crippen LogP contribution in [0.3, 0.4) is 0 Å². The number of para-hydroxylation sites is 1. The van der Waals surface area contributed by atoms with Crippen LogP contribution in [0, 0.1) is 6.92 Å². The predicted molar refractivity (Wildman–Crippen MR) is 98.2 cm³/mol. The van der Waals surface area contributed by atoms with E-state index in [0.717, 1.165) is 12.1 Å². The third-order valence-electron chi connectivity index (χ3n) is 3.85. The van der Waals surface area contributed by atoms with Crippen molar-refractivity contribution < 1.29 is 17.5 Å². The van der Waals surface area contributed by atoms with Gasteiger partial charge in [-0.15, -0.1) is 0 Å². The van der Waals surface area contributed by atoms with E-state index >= 15 is 0 Å². The van der Waals surface area contributed by atoms with Crippen molar-refractivity contribution in [2.24, 2.45) is 0 Å². The standard InChI is InChI=1S/C13H16N.C7H8O3S/c1-2-3-10-14-11-6-8-12-7-4-5-9-13(12)14;1-6-2-4-7(5-3-6)11(8,9)10/h4-9,11H,2-3,10H2,1H3;2-5H,1H3,(H,8,9,10)/q+1;/p-1. The Bertz CT molecular complexity index is 914. The van der Waals surface area contributed by atoms with Gasteiger partial charge in [-0.1, -0.05) is 43.2 Å².